The van der Waals surface area contributed by atoms with Crippen molar-refractivity contribution in [3.05, 3.63) is 11.9 Å². The Balaban J connectivity index is 2.50. The van der Waals surface area contributed by atoms with Crippen molar-refractivity contribution in [1.29, 1.82) is 0 Å². The van der Waals surface area contributed by atoms with Crippen LogP contribution in [0.25, 0.3) is 0 Å². The summed E-state index contributed by atoms with van der Waals surface area (Å²) in [5.74, 6) is 0. The standard InChI is InChI=1S/C6H10N2OS/c1-2-3-6(9)5-4-7-10-8-5/h4,6,9H,2-3H2,1H3. The summed E-state index contributed by atoms with van der Waals surface area (Å²) in [6.07, 6.45) is 2.94. The van der Waals surface area contributed by atoms with E-state index in [4.69, 9.17) is 0 Å². The van der Waals surface area contributed by atoms with E-state index in [1.165, 1.54) is 0 Å². The third-order valence-corrected chi connectivity index (χ3v) is 1.77. The van der Waals surface area contributed by atoms with Crippen molar-refractivity contribution in [3.63, 3.8) is 0 Å². The van der Waals surface area contributed by atoms with Crippen LogP contribution >= 0.6 is 11.7 Å². The molecule has 10 heavy (non-hydrogen) atoms. The van der Waals surface area contributed by atoms with Crippen LogP contribution in [-0.4, -0.2) is 13.9 Å². The van der Waals surface area contributed by atoms with Crippen LogP contribution in [0.1, 0.15) is 31.6 Å². The van der Waals surface area contributed by atoms with Crippen LogP contribution in [-0.2, 0) is 0 Å². The lowest BCUT2D eigenvalue weighted by atomic mass is 10.2. The summed E-state index contributed by atoms with van der Waals surface area (Å²) in [6, 6.07) is 0. The van der Waals surface area contributed by atoms with E-state index in [9.17, 15) is 5.11 Å². The zero-order valence-corrected chi connectivity index (χ0v) is 6.64. The SMILES string of the molecule is CCCC(O)c1cnsn1. The molecule has 1 rings (SSSR count). The first-order valence-electron chi connectivity index (χ1n) is 3.30. The number of hydrogen-bond donors (Lipinski definition) is 1. The van der Waals surface area contributed by atoms with Gasteiger partial charge in [0, 0.05) is 0 Å². The van der Waals surface area contributed by atoms with Crippen molar-refractivity contribution in [1.82, 2.24) is 8.75 Å². The van der Waals surface area contributed by atoms with Gasteiger partial charge in [-0.2, -0.15) is 8.75 Å². The second-order valence-electron chi connectivity index (χ2n) is 2.14. The molecule has 0 aromatic carbocycles. The van der Waals surface area contributed by atoms with Crippen molar-refractivity contribution in [3.8, 4) is 0 Å². The lowest BCUT2D eigenvalue weighted by molar-refractivity contribution is 0.162. The largest absolute Gasteiger partial charge is 0.387 e. The summed E-state index contributed by atoms with van der Waals surface area (Å²) < 4.78 is 7.71. The molecule has 0 fully saturated rings. The first-order chi connectivity index (χ1) is 4.84. The van der Waals surface area contributed by atoms with Crippen molar-refractivity contribution in [2.24, 2.45) is 0 Å². The first-order valence-corrected chi connectivity index (χ1v) is 4.03. The third-order valence-electron chi connectivity index (χ3n) is 1.28. The fourth-order valence-electron chi connectivity index (χ4n) is 0.740. The summed E-state index contributed by atoms with van der Waals surface area (Å²) in [6.45, 7) is 2.03. The number of aliphatic hydroxyl groups excluding tert-OH is 1. The normalized spacial score (nSPS) is 13.4. The van der Waals surface area contributed by atoms with Crippen LogP contribution in [0.3, 0.4) is 0 Å². The number of hydrogen-bond acceptors (Lipinski definition) is 4. The van der Waals surface area contributed by atoms with Crippen molar-refractivity contribution < 1.29 is 5.11 Å². The fraction of sp³-hybridized carbons (Fsp3) is 0.667. The van der Waals surface area contributed by atoms with Gasteiger partial charge in [-0.3, -0.25) is 0 Å². The highest BCUT2D eigenvalue weighted by atomic mass is 32.1. The Hall–Kier alpha value is -0.480. The Morgan fingerprint density at radius 3 is 3.10 bits per heavy atom. The Morgan fingerprint density at radius 2 is 2.60 bits per heavy atom. The van der Waals surface area contributed by atoms with Crippen LogP contribution < -0.4 is 0 Å². The first kappa shape index (κ1) is 7.63. The summed E-state index contributed by atoms with van der Waals surface area (Å²) in [5, 5.41) is 9.31. The van der Waals surface area contributed by atoms with Crippen molar-refractivity contribution in [2.75, 3.05) is 0 Å². The maximum atomic E-state index is 9.31. The van der Waals surface area contributed by atoms with E-state index in [0.29, 0.717) is 5.69 Å². The second kappa shape index (κ2) is 3.63. The van der Waals surface area contributed by atoms with Gasteiger partial charge in [0.25, 0.3) is 0 Å². The molecule has 1 N–H and O–H groups in total. The van der Waals surface area contributed by atoms with E-state index in [1.807, 2.05) is 6.92 Å². The van der Waals surface area contributed by atoms with Gasteiger partial charge in [0.2, 0.25) is 0 Å². The van der Waals surface area contributed by atoms with Crippen LogP contribution in [0.4, 0.5) is 0 Å². The highest BCUT2D eigenvalue weighted by Crippen LogP contribution is 2.14. The third kappa shape index (κ3) is 1.75. The number of nitrogens with zero attached hydrogens (tertiary/aromatic N) is 2. The van der Waals surface area contributed by atoms with Crippen molar-refractivity contribution >= 4 is 11.7 Å². The van der Waals surface area contributed by atoms with Gasteiger partial charge in [0.1, 0.15) is 5.69 Å². The van der Waals surface area contributed by atoms with Crippen LogP contribution in [0.2, 0.25) is 0 Å². The van der Waals surface area contributed by atoms with E-state index < -0.39 is 6.10 Å². The van der Waals surface area contributed by atoms with Gasteiger partial charge in [-0.05, 0) is 6.42 Å². The molecule has 0 aliphatic rings. The van der Waals surface area contributed by atoms with Gasteiger partial charge in [-0.15, -0.1) is 0 Å². The summed E-state index contributed by atoms with van der Waals surface area (Å²) >= 11 is 1.13. The maximum absolute atomic E-state index is 9.31. The van der Waals surface area contributed by atoms with Gasteiger partial charge in [-0.25, -0.2) is 0 Å². The minimum absolute atomic E-state index is 0.413. The van der Waals surface area contributed by atoms with E-state index in [0.717, 1.165) is 24.6 Å². The summed E-state index contributed by atoms with van der Waals surface area (Å²) in [7, 11) is 0. The molecule has 1 aromatic heterocycles. The number of aliphatic hydroxyl groups is 1. The topological polar surface area (TPSA) is 46.0 Å². The molecule has 56 valence electrons. The smallest absolute Gasteiger partial charge is 0.103 e. The van der Waals surface area contributed by atoms with Crippen molar-refractivity contribution in [2.45, 2.75) is 25.9 Å². The summed E-state index contributed by atoms with van der Waals surface area (Å²) in [5.41, 5.74) is 0.701. The molecule has 0 saturated heterocycles. The second-order valence-corrected chi connectivity index (χ2v) is 2.69. The van der Waals surface area contributed by atoms with Gasteiger partial charge < -0.3 is 5.11 Å². The van der Waals surface area contributed by atoms with Crippen LogP contribution in [0.15, 0.2) is 6.20 Å². The minimum Gasteiger partial charge on any atom is -0.387 e. The van der Waals surface area contributed by atoms with Crippen LogP contribution in [0, 0.1) is 0 Å². The minimum atomic E-state index is -0.413. The lowest BCUT2D eigenvalue weighted by Crippen LogP contribution is -1.95. The van der Waals surface area contributed by atoms with E-state index in [2.05, 4.69) is 8.75 Å². The fourth-order valence-corrected chi connectivity index (χ4v) is 1.21. The number of rotatable bonds is 3. The Labute approximate surface area is 64.0 Å². The molecule has 4 heteroatoms. The predicted molar refractivity (Wildman–Crippen MR) is 39.8 cm³/mol. The molecule has 0 aliphatic carbocycles. The number of aromatic nitrogens is 2. The van der Waals surface area contributed by atoms with Gasteiger partial charge >= 0.3 is 0 Å². The zero-order chi connectivity index (χ0) is 7.40. The van der Waals surface area contributed by atoms with Crippen LogP contribution in [0.5, 0.6) is 0 Å². The molecule has 0 spiro atoms. The molecule has 3 nitrogen and oxygen atoms in total. The molecule has 0 radical (unpaired) electrons. The molecule has 1 aromatic rings. The molecule has 0 saturated carbocycles. The molecule has 1 heterocycles. The quantitative estimate of drug-likeness (QED) is 0.722. The highest BCUT2D eigenvalue weighted by Gasteiger charge is 2.07. The van der Waals surface area contributed by atoms with E-state index >= 15 is 0 Å². The molecular formula is C6H10N2OS. The monoisotopic (exact) mass is 158 g/mol. The Kier molecular flexibility index (Phi) is 2.77. The highest BCUT2D eigenvalue weighted by molar-refractivity contribution is 6.99. The summed E-state index contributed by atoms with van der Waals surface area (Å²) in [4.78, 5) is 0. The molecule has 0 amide bonds. The zero-order valence-electron chi connectivity index (χ0n) is 5.82. The Bertz CT molecular complexity index is 176. The van der Waals surface area contributed by atoms with E-state index in [-0.39, 0.29) is 0 Å². The molecule has 0 aliphatic heterocycles. The Morgan fingerprint density at radius 1 is 1.80 bits per heavy atom. The molecule has 1 unspecified atom stereocenters. The van der Waals surface area contributed by atoms with E-state index in [1.54, 1.807) is 6.20 Å². The molecule has 1 atom stereocenters. The average molecular weight is 158 g/mol. The maximum Gasteiger partial charge on any atom is 0.103 e. The molecular weight excluding hydrogens is 148 g/mol. The van der Waals surface area contributed by atoms with Gasteiger partial charge in [0.15, 0.2) is 0 Å². The van der Waals surface area contributed by atoms with Gasteiger partial charge in [-0.1, -0.05) is 13.3 Å². The average Bonchev–Trinajstić information content (AvgIpc) is 2.38. The predicted octanol–water partition coefficient (Wildman–Crippen LogP) is 1.37. The molecule has 0 bridgehead atoms. The lowest BCUT2D eigenvalue weighted by Gasteiger charge is -2.02. The van der Waals surface area contributed by atoms with Gasteiger partial charge in [0.05, 0.1) is 24.0 Å².